The summed E-state index contributed by atoms with van der Waals surface area (Å²) in [6.45, 7) is 3.63. The molecule has 0 amide bonds. The fourth-order valence-corrected chi connectivity index (χ4v) is 2.74. The maximum absolute atomic E-state index is 6.13. The third-order valence-corrected chi connectivity index (χ3v) is 3.63. The van der Waals surface area contributed by atoms with Crippen molar-refractivity contribution >= 4 is 0 Å². The lowest BCUT2D eigenvalue weighted by Crippen LogP contribution is -2.44. The Kier molecular flexibility index (Phi) is 2.61. The third-order valence-electron chi connectivity index (χ3n) is 3.63. The van der Waals surface area contributed by atoms with Crippen LogP contribution >= 0.6 is 0 Å². The Balaban J connectivity index is 1.89. The van der Waals surface area contributed by atoms with Gasteiger partial charge in [0.05, 0.1) is 26.3 Å². The van der Waals surface area contributed by atoms with Crippen LogP contribution in [0.15, 0.2) is 12.3 Å². The molecule has 1 aromatic heterocycles. The van der Waals surface area contributed by atoms with Gasteiger partial charge in [0.2, 0.25) is 0 Å². The lowest BCUT2D eigenvalue weighted by atomic mass is 9.94. The summed E-state index contributed by atoms with van der Waals surface area (Å²) in [6.07, 6.45) is 5.66. The minimum atomic E-state index is 0.242. The first-order valence-corrected chi connectivity index (χ1v) is 6.15. The van der Waals surface area contributed by atoms with Gasteiger partial charge in [-0.1, -0.05) is 0 Å². The van der Waals surface area contributed by atoms with Crippen molar-refractivity contribution in [2.45, 2.75) is 25.3 Å². The van der Waals surface area contributed by atoms with Gasteiger partial charge in [0, 0.05) is 17.9 Å². The Hall–Kier alpha value is -1.00. The van der Waals surface area contributed by atoms with Gasteiger partial charge in [-0.3, -0.25) is 4.68 Å². The van der Waals surface area contributed by atoms with Crippen LogP contribution in [0.3, 0.4) is 0 Å². The molecule has 88 valence electrons. The van der Waals surface area contributed by atoms with Crippen molar-refractivity contribution < 1.29 is 4.74 Å². The van der Waals surface area contributed by atoms with E-state index in [-0.39, 0.29) is 6.04 Å². The molecule has 4 nitrogen and oxygen atoms in total. The van der Waals surface area contributed by atoms with Gasteiger partial charge in [0.1, 0.15) is 0 Å². The molecule has 1 unspecified atom stereocenters. The standard InChI is InChI=1S/C12H19N3O/c13-11-2-1-3-12-10(11)4-5-15(12)14-6-8-16-9-7-14/h4-5,11H,1-3,6-9,13H2. The summed E-state index contributed by atoms with van der Waals surface area (Å²) in [5.74, 6) is 0. The summed E-state index contributed by atoms with van der Waals surface area (Å²) in [6, 6.07) is 2.43. The van der Waals surface area contributed by atoms with Gasteiger partial charge < -0.3 is 15.5 Å². The van der Waals surface area contributed by atoms with E-state index in [0.29, 0.717) is 0 Å². The summed E-state index contributed by atoms with van der Waals surface area (Å²) in [5, 5.41) is 2.36. The fourth-order valence-electron chi connectivity index (χ4n) is 2.74. The van der Waals surface area contributed by atoms with E-state index in [1.165, 1.54) is 17.7 Å². The highest BCUT2D eigenvalue weighted by Crippen LogP contribution is 2.28. The zero-order valence-corrected chi connectivity index (χ0v) is 9.56. The molecule has 0 radical (unpaired) electrons. The fraction of sp³-hybridized carbons (Fsp3) is 0.667. The number of nitrogens with two attached hydrogens (primary N) is 1. The smallest absolute Gasteiger partial charge is 0.0658 e. The average molecular weight is 221 g/mol. The van der Waals surface area contributed by atoms with Gasteiger partial charge in [0.25, 0.3) is 0 Å². The minimum absolute atomic E-state index is 0.242. The average Bonchev–Trinajstić information content (AvgIpc) is 2.75. The first-order valence-electron chi connectivity index (χ1n) is 6.15. The first kappa shape index (κ1) is 10.2. The van der Waals surface area contributed by atoms with Crippen molar-refractivity contribution in [3.63, 3.8) is 0 Å². The molecule has 4 heteroatoms. The van der Waals surface area contributed by atoms with Gasteiger partial charge in [-0.2, -0.15) is 0 Å². The topological polar surface area (TPSA) is 43.4 Å². The van der Waals surface area contributed by atoms with Crippen molar-refractivity contribution in [1.82, 2.24) is 4.68 Å². The predicted octanol–water partition coefficient (Wildman–Crippen LogP) is 0.792. The molecular formula is C12H19N3O. The summed E-state index contributed by atoms with van der Waals surface area (Å²) < 4.78 is 7.69. The molecule has 3 rings (SSSR count). The van der Waals surface area contributed by atoms with Crippen molar-refractivity contribution in [1.29, 1.82) is 0 Å². The summed E-state index contributed by atoms with van der Waals surface area (Å²) in [5.41, 5.74) is 8.90. The second-order valence-corrected chi connectivity index (χ2v) is 4.63. The molecule has 0 bridgehead atoms. The molecular weight excluding hydrogens is 202 g/mol. The van der Waals surface area contributed by atoms with Crippen LogP contribution in [-0.4, -0.2) is 31.0 Å². The lowest BCUT2D eigenvalue weighted by molar-refractivity contribution is 0.111. The highest BCUT2D eigenvalue weighted by atomic mass is 16.5. The lowest BCUT2D eigenvalue weighted by Gasteiger charge is -2.33. The number of hydrogen-bond acceptors (Lipinski definition) is 3. The first-order chi connectivity index (χ1) is 7.86. The van der Waals surface area contributed by atoms with Gasteiger partial charge in [-0.05, 0) is 30.9 Å². The summed E-state index contributed by atoms with van der Waals surface area (Å²) in [7, 11) is 0. The number of fused-ring (bicyclic) bond motifs is 1. The van der Waals surface area contributed by atoms with Crippen molar-refractivity contribution in [3.8, 4) is 0 Å². The Morgan fingerprint density at radius 1 is 1.31 bits per heavy atom. The second kappa shape index (κ2) is 4.11. The molecule has 0 aromatic carbocycles. The Bertz CT molecular complexity index is 368. The largest absolute Gasteiger partial charge is 0.378 e. The van der Waals surface area contributed by atoms with E-state index in [1.54, 1.807) is 0 Å². The molecule has 0 saturated carbocycles. The van der Waals surface area contributed by atoms with Crippen LogP contribution in [0.25, 0.3) is 0 Å². The minimum Gasteiger partial charge on any atom is -0.378 e. The van der Waals surface area contributed by atoms with Crippen LogP contribution in [0, 0.1) is 0 Å². The third kappa shape index (κ3) is 1.62. The monoisotopic (exact) mass is 221 g/mol. The number of rotatable bonds is 1. The SMILES string of the molecule is NC1CCCc2c1ccn2N1CCOCC1. The van der Waals surface area contributed by atoms with Crippen LogP contribution in [0.1, 0.15) is 30.1 Å². The zero-order chi connectivity index (χ0) is 11.0. The Morgan fingerprint density at radius 2 is 2.12 bits per heavy atom. The molecule has 1 aliphatic carbocycles. The number of morpholine rings is 1. The molecule has 16 heavy (non-hydrogen) atoms. The Labute approximate surface area is 95.9 Å². The van der Waals surface area contributed by atoms with Gasteiger partial charge >= 0.3 is 0 Å². The summed E-state index contributed by atoms with van der Waals surface area (Å²) in [4.78, 5) is 0. The zero-order valence-electron chi connectivity index (χ0n) is 9.56. The van der Waals surface area contributed by atoms with Crippen molar-refractivity contribution in [3.05, 3.63) is 23.5 Å². The highest BCUT2D eigenvalue weighted by molar-refractivity contribution is 5.29. The van der Waals surface area contributed by atoms with Crippen LogP contribution in [0.5, 0.6) is 0 Å². The molecule has 1 aliphatic heterocycles. The number of aromatic nitrogens is 1. The molecule has 0 spiro atoms. The molecule has 1 fully saturated rings. The molecule has 1 aromatic rings. The van der Waals surface area contributed by atoms with E-state index >= 15 is 0 Å². The van der Waals surface area contributed by atoms with Crippen molar-refractivity contribution in [2.24, 2.45) is 5.73 Å². The molecule has 1 saturated heterocycles. The van der Waals surface area contributed by atoms with Gasteiger partial charge in [0.15, 0.2) is 0 Å². The number of ether oxygens (including phenoxy) is 1. The maximum atomic E-state index is 6.13. The van der Waals surface area contributed by atoms with E-state index in [4.69, 9.17) is 10.5 Å². The van der Waals surface area contributed by atoms with Crippen LogP contribution in [0.4, 0.5) is 0 Å². The quantitative estimate of drug-likeness (QED) is 0.762. The highest BCUT2D eigenvalue weighted by Gasteiger charge is 2.22. The normalized spacial score (nSPS) is 25.6. The second-order valence-electron chi connectivity index (χ2n) is 4.63. The van der Waals surface area contributed by atoms with E-state index < -0.39 is 0 Å². The van der Waals surface area contributed by atoms with E-state index in [2.05, 4.69) is 21.9 Å². The number of hydrogen-bond donors (Lipinski definition) is 1. The molecule has 2 aliphatic rings. The Morgan fingerprint density at radius 3 is 2.94 bits per heavy atom. The molecule has 2 N–H and O–H groups in total. The van der Waals surface area contributed by atoms with Crippen molar-refractivity contribution in [2.75, 3.05) is 31.3 Å². The van der Waals surface area contributed by atoms with Crippen LogP contribution < -0.4 is 10.7 Å². The van der Waals surface area contributed by atoms with E-state index in [1.807, 2.05) is 0 Å². The van der Waals surface area contributed by atoms with E-state index in [0.717, 1.165) is 39.1 Å². The van der Waals surface area contributed by atoms with E-state index in [9.17, 15) is 0 Å². The molecule has 2 heterocycles. The van der Waals surface area contributed by atoms with Gasteiger partial charge in [-0.25, -0.2) is 0 Å². The van der Waals surface area contributed by atoms with Gasteiger partial charge in [-0.15, -0.1) is 0 Å². The predicted molar refractivity (Wildman–Crippen MR) is 63.1 cm³/mol. The van der Waals surface area contributed by atoms with Crippen LogP contribution in [-0.2, 0) is 11.2 Å². The molecule has 1 atom stereocenters. The maximum Gasteiger partial charge on any atom is 0.0658 e. The number of nitrogens with zero attached hydrogens (tertiary/aromatic N) is 2. The summed E-state index contributed by atoms with van der Waals surface area (Å²) >= 11 is 0. The van der Waals surface area contributed by atoms with Crippen LogP contribution in [0.2, 0.25) is 0 Å².